The van der Waals surface area contributed by atoms with E-state index in [9.17, 15) is 0 Å². The topological polar surface area (TPSA) is 77.0 Å². The van der Waals surface area contributed by atoms with Crippen LogP contribution < -0.4 is 0 Å². The van der Waals surface area contributed by atoms with E-state index in [-0.39, 0.29) is 0 Å². The number of hydrogen-bond donors (Lipinski definition) is 0. The maximum absolute atomic E-state index is 4.72. The summed E-state index contributed by atoms with van der Waals surface area (Å²) >= 11 is 0. The average Bonchev–Trinajstić information content (AvgIpc) is 3.27. The summed E-state index contributed by atoms with van der Waals surface area (Å²) in [6.45, 7) is 3.64. The molecule has 0 spiro atoms. The number of hydrogen-bond acceptors (Lipinski definition) is 6. The number of aromatic nitrogens is 7. The van der Waals surface area contributed by atoms with Crippen LogP contribution in [0, 0.1) is 0 Å². The molecule has 1 aliphatic heterocycles. The minimum atomic E-state index is 0.763. The fraction of sp³-hybridized carbons (Fsp3) is 0.278. The molecule has 5 rings (SSSR count). The Morgan fingerprint density at radius 1 is 1.12 bits per heavy atom. The van der Waals surface area contributed by atoms with Gasteiger partial charge in [-0.2, -0.15) is 10.2 Å². The normalized spacial score (nSPS) is 15.1. The van der Waals surface area contributed by atoms with Crippen molar-refractivity contribution in [3.63, 3.8) is 0 Å². The zero-order valence-electron chi connectivity index (χ0n) is 14.2. The molecule has 0 saturated carbocycles. The monoisotopic (exact) mass is 346 g/mol. The second-order valence-corrected chi connectivity index (χ2v) is 6.44. The van der Waals surface area contributed by atoms with Crippen molar-refractivity contribution in [2.75, 3.05) is 13.1 Å². The van der Waals surface area contributed by atoms with Crippen molar-refractivity contribution in [2.45, 2.75) is 19.5 Å². The first-order chi connectivity index (χ1) is 12.8. The molecule has 0 aromatic carbocycles. The molecular weight excluding hydrogens is 328 g/mol. The molecule has 26 heavy (non-hydrogen) atoms. The SMILES string of the molecule is c1cncc(-c2nc3n(n2)CCN(Cc2ccn4ncnc4c2)CC3)c1. The molecule has 0 saturated heterocycles. The molecule has 0 amide bonds. The summed E-state index contributed by atoms with van der Waals surface area (Å²) in [7, 11) is 0. The van der Waals surface area contributed by atoms with Gasteiger partial charge < -0.3 is 0 Å². The molecular formula is C18H18N8. The van der Waals surface area contributed by atoms with E-state index in [1.807, 2.05) is 29.2 Å². The Labute approximate surface area is 150 Å². The fourth-order valence-corrected chi connectivity index (χ4v) is 3.33. The summed E-state index contributed by atoms with van der Waals surface area (Å²) in [6, 6.07) is 8.10. The lowest BCUT2D eigenvalue weighted by Crippen LogP contribution is -2.26. The highest BCUT2D eigenvalue weighted by Crippen LogP contribution is 2.17. The van der Waals surface area contributed by atoms with Gasteiger partial charge in [0.2, 0.25) is 0 Å². The van der Waals surface area contributed by atoms with Gasteiger partial charge in [-0.15, -0.1) is 0 Å². The van der Waals surface area contributed by atoms with Crippen LogP contribution in [0.25, 0.3) is 17.0 Å². The van der Waals surface area contributed by atoms with Crippen molar-refractivity contribution in [1.29, 1.82) is 0 Å². The van der Waals surface area contributed by atoms with Crippen LogP contribution in [-0.2, 0) is 19.5 Å². The van der Waals surface area contributed by atoms with Crippen molar-refractivity contribution in [2.24, 2.45) is 0 Å². The van der Waals surface area contributed by atoms with Crippen molar-refractivity contribution >= 4 is 5.65 Å². The number of pyridine rings is 2. The van der Waals surface area contributed by atoms with Gasteiger partial charge in [0.15, 0.2) is 11.5 Å². The number of rotatable bonds is 3. The third-order valence-electron chi connectivity index (χ3n) is 4.70. The van der Waals surface area contributed by atoms with Gasteiger partial charge in [-0.05, 0) is 29.8 Å². The zero-order chi connectivity index (χ0) is 17.3. The summed E-state index contributed by atoms with van der Waals surface area (Å²) < 4.78 is 3.81. The Balaban J connectivity index is 1.30. The number of fused-ring (bicyclic) bond motifs is 2. The standard InChI is InChI=1S/C18H18N8/c1-2-15(11-19-5-1)18-22-16-4-6-24(8-9-26(16)23-18)12-14-3-7-25-17(10-14)20-13-21-25/h1-3,5,7,10-11,13H,4,6,8-9,12H2. The second kappa shape index (κ2) is 6.30. The smallest absolute Gasteiger partial charge is 0.182 e. The molecule has 130 valence electrons. The van der Waals surface area contributed by atoms with Crippen LogP contribution in [0.15, 0.2) is 49.2 Å². The summed E-state index contributed by atoms with van der Waals surface area (Å²) in [6.07, 6.45) is 8.00. The first-order valence-electron chi connectivity index (χ1n) is 8.70. The van der Waals surface area contributed by atoms with E-state index in [1.165, 1.54) is 5.56 Å². The molecule has 0 unspecified atom stereocenters. The van der Waals surface area contributed by atoms with Crippen LogP contribution in [0.5, 0.6) is 0 Å². The average molecular weight is 346 g/mol. The first-order valence-corrected chi connectivity index (χ1v) is 8.70. The molecule has 0 atom stereocenters. The molecule has 4 aromatic heterocycles. The van der Waals surface area contributed by atoms with Crippen LogP contribution in [-0.4, -0.2) is 52.3 Å². The van der Waals surface area contributed by atoms with Gasteiger partial charge in [0, 0.05) is 50.2 Å². The number of nitrogens with zero attached hydrogens (tertiary/aromatic N) is 8. The Kier molecular flexibility index (Phi) is 3.67. The van der Waals surface area contributed by atoms with Gasteiger partial charge in [-0.3, -0.25) is 9.88 Å². The molecule has 8 nitrogen and oxygen atoms in total. The zero-order valence-corrected chi connectivity index (χ0v) is 14.2. The molecule has 4 aromatic rings. The minimum absolute atomic E-state index is 0.763. The van der Waals surface area contributed by atoms with E-state index in [0.717, 1.165) is 55.5 Å². The van der Waals surface area contributed by atoms with E-state index in [1.54, 1.807) is 17.0 Å². The molecule has 0 aliphatic carbocycles. The van der Waals surface area contributed by atoms with Crippen molar-refractivity contribution < 1.29 is 0 Å². The van der Waals surface area contributed by atoms with Gasteiger partial charge in [0.1, 0.15) is 12.2 Å². The highest BCUT2D eigenvalue weighted by Gasteiger charge is 2.18. The van der Waals surface area contributed by atoms with Crippen LogP contribution >= 0.6 is 0 Å². The lowest BCUT2D eigenvalue weighted by atomic mass is 10.2. The highest BCUT2D eigenvalue weighted by molar-refractivity contribution is 5.52. The van der Waals surface area contributed by atoms with Gasteiger partial charge in [0.05, 0.1) is 6.54 Å². The lowest BCUT2D eigenvalue weighted by Gasteiger charge is -2.19. The maximum Gasteiger partial charge on any atom is 0.182 e. The molecule has 8 heteroatoms. The third-order valence-corrected chi connectivity index (χ3v) is 4.70. The van der Waals surface area contributed by atoms with E-state index in [0.29, 0.717) is 0 Å². The van der Waals surface area contributed by atoms with Gasteiger partial charge in [-0.25, -0.2) is 19.2 Å². The Bertz CT molecular complexity index is 1010. The summed E-state index contributed by atoms with van der Waals surface area (Å²) in [5, 5.41) is 8.82. The van der Waals surface area contributed by atoms with Gasteiger partial charge in [0.25, 0.3) is 0 Å². The van der Waals surface area contributed by atoms with Gasteiger partial charge in [-0.1, -0.05) is 0 Å². The lowest BCUT2D eigenvalue weighted by molar-refractivity contribution is 0.269. The Morgan fingerprint density at radius 3 is 3.04 bits per heavy atom. The van der Waals surface area contributed by atoms with E-state index in [4.69, 9.17) is 4.98 Å². The summed E-state index contributed by atoms with van der Waals surface area (Å²) in [5.41, 5.74) is 3.09. The molecule has 0 bridgehead atoms. The van der Waals surface area contributed by atoms with Crippen molar-refractivity contribution in [3.05, 3.63) is 60.6 Å². The third kappa shape index (κ3) is 2.84. The molecule has 0 fully saturated rings. The second-order valence-electron chi connectivity index (χ2n) is 6.44. The molecule has 0 radical (unpaired) electrons. The van der Waals surface area contributed by atoms with Crippen LogP contribution in [0.3, 0.4) is 0 Å². The largest absolute Gasteiger partial charge is 0.297 e. The quantitative estimate of drug-likeness (QED) is 0.559. The minimum Gasteiger partial charge on any atom is -0.297 e. The first kappa shape index (κ1) is 15.2. The van der Waals surface area contributed by atoms with Crippen LogP contribution in [0.2, 0.25) is 0 Å². The predicted molar refractivity (Wildman–Crippen MR) is 95.2 cm³/mol. The van der Waals surface area contributed by atoms with Crippen molar-refractivity contribution in [3.8, 4) is 11.4 Å². The molecule has 1 aliphatic rings. The molecule has 5 heterocycles. The van der Waals surface area contributed by atoms with Gasteiger partial charge >= 0.3 is 0 Å². The Hall–Kier alpha value is -3.13. The highest BCUT2D eigenvalue weighted by atomic mass is 15.4. The summed E-state index contributed by atoms with van der Waals surface area (Å²) in [4.78, 5) is 15.6. The van der Waals surface area contributed by atoms with Crippen LogP contribution in [0.4, 0.5) is 0 Å². The maximum atomic E-state index is 4.72. The summed E-state index contributed by atoms with van der Waals surface area (Å²) in [5.74, 6) is 1.80. The predicted octanol–water partition coefficient (Wildman–Crippen LogP) is 1.44. The van der Waals surface area contributed by atoms with E-state index < -0.39 is 0 Å². The van der Waals surface area contributed by atoms with E-state index in [2.05, 4.69) is 37.2 Å². The fourth-order valence-electron chi connectivity index (χ4n) is 3.33. The Morgan fingerprint density at radius 2 is 2.12 bits per heavy atom. The van der Waals surface area contributed by atoms with Crippen molar-refractivity contribution in [1.82, 2.24) is 39.2 Å². The van der Waals surface area contributed by atoms with E-state index >= 15 is 0 Å². The molecule has 0 N–H and O–H groups in total. The van der Waals surface area contributed by atoms with Crippen LogP contribution in [0.1, 0.15) is 11.4 Å².